The van der Waals surface area contributed by atoms with Gasteiger partial charge in [-0.1, -0.05) is 187 Å². The first-order valence-corrected chi connectivity index (χ1v) is 22.7. The molecule has 0 bridgehead atoms. The molecule has 0 spiro atoms. The smallest absolute Gasteiger partial charge is 0.145 e. The number of imidazole rings is 2. The molecule has 0 amide bonds. The van der Waals surface area contributed by atoms with Crippen LogP contribution in [0.25, 0.3) is 78.5 Å². The Morgan fingerprint density at radius 2 is 0.656 bits per heavy atom. The summed E-state index contributed by atoms with van der Waals surface area (Å²) in [5, 5.41) is 0. The van der Waals surface area contributed by atoms with Crippen LogP contribution in [0.3, 0.4) is 0 Å². The van der Waals surface area contributed by atoms with E-state index in [-0.39, 0.29) is 0 Å². The van der Waals surface area contributed by atoms with E-state index < -0.39 is 0 Å². The highest BCUT2D eigenvalue weighted by Crippen LogP contribution is 2.40. The first kappa shape index (κ1) is 43.4. The van der Waals surface area contributed by atoms with Crippen LogP contribution in [0.15, 0.2) is 194 Å². The normalized spacial score (nSPS) is 11.1. The summed E-state index contributed by atoms with van der Waals surface area (Å²) in [6.45, 7) is 17.5. The van der Waals surface area contributed by atoms with Crippen LogP contribution < -0.4 is 0 Å². The standard InChI is InChI=1S/C31H30N2.C27H22N2.C2H6/c1-21(2)26-19-25(23-13-7-5-8-14-23)20-27(22(3)4)30(26)33-29-18-12-11-17-28(29)32-31(33)24-15-9-6-10-16-24;1-19-17-23(21-11-5-3-6-12-21)18-20(2)26(19)29-25-16-10-9-15-24(25)28-27(29)22-13-7-4-8-14-22;1-2/h5-22H,1-4H3;3-18H,1-2H3;1-2H3. The molecule has 8 aromatic carbocycles. The van der Waals surface area contributed by atoms with Crippen LogP contribution >= 0.6 is 0 Å². The highest BCUT2D eigenvalue weighted by Gasteiger charge is 2.24. The van der Waals surface area contributed by atoms with Crippen LogP contribution in [-0.4, -0.2) is 19.1 Å². The molecule has 0 saturated heterocycles. The molecule has 0 fully saturated rings. The van der Waals surface area contributed by atoms with Gasteiger partial charge in [-0.3, -0.25) is 9.13 Å². The Morgan fingerprint density at radius 3 is 1.03 bits per heavy atom. The monoisotopic (exact) mass is 834 g/mol. The zero-order chi connectivity index (χ0) is 44.7. The van der Waals surface area contributed by atoms with E-state index >= 15 is 0 Å². The van der Waals surface area contributed by atoms with Gasteiger partial charge in [-0.15, -0.1) is 0 Å². The third-order valence-electron chi connectivity index (χ3n) is 11.8. The summed E-state index contributed by atoms with van der Waals surface area (Å²) >= 11 is 0. The molecule has 4 nitrogen and oxygen atoms in total. The van der Waals surface area contributed by atoms with Gasteiger partial charge in [0.2, 0.25) is 0 Å². The van der Waals surface area contributed by atoms with E-state index in [2.05, 4.69) is 233 Å². The van der Waals surface area contributed by atoms with E-state index in [0.717, 1.165) is 44.8 Å². The number of aryl methyl sites for hydroxylation is 2. The molecule has 0 atom stereocenters. The number of hydrogen-bond acceptors (Lipinski definition) is 2. The van der Waals surface area contributed by atoms with Crippen molar-refractivity contribution in [3.8, 4) is 56.4 Å². The lowest BCUT2D eigenvalue weighted by molar-refractivity contribution is 0.811. The summed E-state index contributed by atoms with van der Waals surface area (Å²) in [4.78, 5) is 10.1. The van der Waals surface area contributed by atoms with Crippen molar-refractivity contribution in [1.82, 2.24) is 19.1 Å². The topological polar surface area (TPSA) is 35.6 Å². The van der Waals surface area contributed by atoms with Gasteiger partial charge >= 0.3 is 0 Å². The van der Waals surface area contributed by atoms with E-state index in [4.69, 9.17) is 9.97 Å². The summed E-state index contributed by atoms with van der Waals surface area (Å²) in [5.74, 6) is 2.70. The molecule has 0 radical (unpaired) electrons. The maximum absolute atomic E-state index is 5.10. The molecule has 318 valence electrons. The third kappa shape index (κ3) is 8.69. The minimum absolute atomic E-state index is 0.367. The average Bonchev–Trinajstić information content (AvgIpc) is 3.92. The summed E-state index contributed by atoms with van der Waals surface area (Å²) in [6.07, 6.45) is 0. The molecule has 2 heterocycles. The average molecular weight is 835 g/mol. The predicted molar refractivity (Wildman–Crippen MR) is 273 cm³/mol. The van der Waals surface area contributed by atoms with E-state index in [9.17, 15) is 0 Å². The maximum atomic E-state index is 5.10. The Bertz CT molecular complexity index is 3070. The Labute approximate surface area is 379 Å². The summed E-state index contributed by atoms with van der Waals surface area (Å²) in [6, 6.07) is 68.4. The molecule has 0 unspecified atom stereocenters. The second kappa shape index (κ2) is 19.4. The molecular weight excluding hydrogens is 777 g/mol. The third-order valence-corrected chi connectivity index (χ3v) is 11.8. The molecule has 2 aromatic heterocycles. The summed E-state index contributed by atoms with van der Waals surface area (Å²) in [5.41, 5.74) is 19.2. The second-order valence-corrected chi connectivity index (χ2v) is 16.8. The number of para-hydroxylation sites is 4. The summed E-state index contributed by atoms with van der Waals surface area (Å²) in [7, 11) is 0. The molecule has 64 heavy (non-hydrogen) atoms. The molecule has 10 rings (SSSR count). The number of rotatable bonds is 8. The van der Waals surface area contributed by atoms with Gasteiger partial charge in [0.1, 0.15) is 11.6 Å². The van der Waals surface area contributed by atoms with Gasteiger partial charge < -0.3 is 0 Å². The van der Waals surface area contributed by atoms with E-state index in [1.165, 1.54) is 55.9 Å². The van der Waals surface area contributed by atoms with Crippen molar-refractivity contribution in [3.63, 3.8) is 0 Å². The number of hydrogen-bond donors (Lipinski definition) is 0. The molecule has 0 N–H and O–H groups in total. The Balaban J connectivity index is 0.000000170. The van der Waals surface area contributed by atoms with Gasteiger partial charge in [-0.25, -0.2) is 9.97 Å². The van der Waals surface area contributed by atoms with Gasteiger partial charge in [0, 0.05) is 11.1 Å². The SMILES string of the molecule is CC.CC(C)c1cc(-c2ccccc2)cc(C(C)C)c1-n1c(-c2ccccc2)nc2ccccc21.Cc1cc(-c2ccccc2)cc(C)c1-n1c(-c2ccccc2)nc2ccccc21. The van der Waals surface area contributed by atoms with Crippen molar-refractivity contribution >= 4 is 22.1 Å². The highest BCUT2D eigenvalue weighted by atomic mass is 15.1. The zero-order valence-electron chi connectivity index (χ0n) is 38.4. The molecule has 0 aliphatic rings. The van der Waals surface area contributed by atoms with Gasteiger partial charge in [-0.2, -0.15) is 0 Å². The zero-order valence-corrected chi connectivity index (χ0v) is 38.4. The van der Waals surface area contributed by atoms with Crippen LogP contribution in [0.2, 0.25) is 0 Å². The number of nitrogens with zero attached hydrogens (tertiary/aromatic N) is 4. The minimum atomic E-state index is 0.367. The largest absolute Gasteiger partial charge is 0.292 e. The second-order valence-electron chi connectivity index (χ2n) is 16.8. The lowest BCUT2D eigenvalue weighted by atomic mass is 9.88. The van der Waals surface area contributed by atoms with Crippen molar-refractivity contribution in [2.75, 3.05) is 0 Å². The lowest BCUT2D eigenvalue weighted by Crippen LogP contribution is -2.09. The predicted octanol–water partition coefficient (Wildman–Crippen LogP) is 16.6. The lowest BCUT2D eigenvalue weighted by Gasteiger charge is -2.24. The molecule has 0 saturated carbocycles. The van der Waals surface area contributed by atoms with Gasteiger partial charge in [0.15, 0.2) is 0 Å². The van der Waals surface area contributed by atoms with Crippen LogP contribution in [0.4, 0.5) is 0 Å². The van der Waals surface area contributed by atoms with E-state index in [1.807, 2.05) is 26.0 Å². The number of benzene rings is 8. The fraction of sp³-hybridized carbons (Fsp3) is 0.167. The van der Waals surface area contributed by atoms with Gasteiger partial charge in [0.05, 0.1) is 33.4 Å². The van der Waals surface area contributed by atoms with Crippen molar-refractivity contribution < 1.29 is 0 Å². The molecule has 4 heteroatoms. The Hall–Kier alpha value is -7.30. The van der Waals surface area contributed by atoms with Gasteiger partial charge in [-0.05, 0) is 119 Å². The molecular formula is C60H58N4. The van der Waals surface area contributed by atoms with Crippen molar-refractivity contribution in [2.45, 2.75) is 67.2 Å². The van der Waals surface area contributed by atoms with E-state index in [1.54, 1.807) is 0 Å². The fourth-order valence-corrected chi connectivity index (χ4v) is 8.79. The maximum Gasteiger partial charge on any atom is 0.145 e. The van der Waals surface area contributed by atoms with Crippen LogP contribution in [0.5, 0.6) is 0 Å². The Kier molecular flexibility index (Phi) is 13.1. The highest BCUT2D eigenvalue weighted by molar-refractivity contribution is 5.86. The Morgan fingerprint density at radius 1 is 0.344 bits per heavy atom. The van der Waals surface area contributed by atoms with Crippen molar-refractivity contribution in [1.29, 1.82) is 0 Å². The van der Waals surface area contributed by atoms with Crippen LogP contribution in [-0.2, 0) is 0 Å². The first-order chi connectivity index (χ1) is 31.3. The van der Waals surface area contributed by atoms with Crippen LogP contribution in [0, 0.1) is 13.8 Å². The first-order valence-electron chi connectivity index (χ1n) is 22.7. The number of fused-ring (bicyclic) bond motifs is 2. The molecule has 0 aliphatic heterocycles. The van der Waals surface area contributed by atoms with Crippen molar-refractivity contribution in [3.05, 3.63) is 216 Å². The van der Waals surface area contributed by atoms with E-state index in [0.29, 0.717) is 11.8 Å². The fourth-order valence-electron chi connectivity index (χ4n) is 8.79. The minimum Gasteiger partial charge on any atom is -0.292 e. The van der Waals surface area contributed by atoms with Crippen molar-refractivity contribution in [2.24, 2.45) is 0 Å². The number of aromatic nitrogens is 4. The molecule has 10 aromatic rings. The van der Waals surface area contributed by atoms with Crippen LogP contribution in [0.1, 0.15) is 75.6 Å². The van der Waals surface area contributed by atoms with Gasteiger partial charge in [0.25, 0.3) is 0 Å². The molecule has 0 aliphatic carbocycles. The summed E-state index contributed by atoms with van der Waals surface area (Å²) < 4.78 is 4.70. The quantitative estimate of drug-likeness (QED) is 0.153.